The molecule has 0 heterocycles. The number of ether oxygens (including phenoxy) is 1. The molecule has 20 heavy (non-hydrogen) atoms. The van der Waals surface area contributed by atoms with Crippen molar-refractivity contribution in [3.8, 4) is 5.75 Å². The molecule has 0 aliphatic rings. The molecule has 0 aliphatic carbocycles. The van der Waals surface area contributed by atoms with Crippen molar-refractivity contribution in [1.82, 2.24) is 5.32 Å². The van der Waals surface area contributed by atoms with Crippen LogP contribution in [0.1, 0.15) is 26.3 Å². The van der Waals surface area contributed by atoms with E-state index in [1.165, 1.54) is 0 Å². The van der Waals surface area contributed by atoms with Crippen molar-refractivity contribution in [2.75, 3.05) is 18.5 Å². The molecule has 0 fully saturated rings. The van der Waals surface area contributed by atoms with Crippen LogP contribution in [0, 0.1) is 12.8 Å². The van der Waals surface area contributed by atoms with Gasteiger partial charge in [0.1, 0.15) is 5.75 Å². The Kier molecular flexibility index (Phi) is 6.31. The van der Waals surface area contributed by atoms with Crippen molar-refractivity contribution in [3.05, 3.63) is 23.8 Å². The summed E-state index contributed by atoms with van der Waals surface area (Å²) in [5, 5.41) is 14.6. The lowest BCUT2D eigenvalue weighted by molar-refractivity contribution is 0.204. The summed E-state index contributed by atoms with van der Waals surface area (Å²) in [6.45, 7) is 8.28. The number of rotatable bonds is 6. The molecule has 5 heteroatoms. The van der Waals surface area contributed by atoms with E-state index in [-0.39, 0.29) is 24.6 Å². The summed E-state index contributed by atoms with van der Waals surface area (Å²) in [6.07, 6.45) is 0. The third-order valence-electron chi connectivity index (χ3n) is 3.23. The Balaban J connectivity index is 2.60. The number of urea groups is 1. The maximum absolute atomic E-state index is 11.8. The van der Waals surface area contributed by atoms with Gasteiger partial charge in [-0.05, 0) is 50.5 Å². The molecule has 5 nitrogen and oxygen atoms in total. The number of anilines is 1. The lowest BCUT2D eigenvalue weighted by Crippen LogP contribution is -2.40. The molecule has 2 atom stereocenters. The van der Waals surface area contributed by atoms with Gasteiger partial charge in [0.25, 0.3) is 0 Å². The van der Waals surface area contributed by atoms with E-state index in [0.717, 1.165) is 11.3 Å². The molecule has 1 aromatic carbocycles. The molecular weight excluding hydrogens is 256 g/mol. The van der Waals surface area contributed by atoms with Crippen molar-refractivity contribution < 1.29 is 14.6 Å². The quantitative estimate of drug-likeness (QED) is 0.750. The second kappa shape index (κ2) is 7.75. The SMILES string of the molecule is CCOc1ccc(NC(=O)N[C@@H](C)[C@@H](C)CO)cc1C. The van der Waals surface area contributed by atoms with Crippen molar-refractivity contribution in [1.29, 1.82) is 0 Å². The Morgan fingerprint density at radius 3 is 2.65 bits per heavy atom. The number of hydrogen-bond acceptors (Lipinski definition) is 3. The van der Waals surface area contributed by atoms with E-state index in [9.17, 15) is 4.79 Å². The first kappa shape index (κ1) is 16.3. The van der Waals surface area contributed by atoms with E-state index in [2.05, 4.69) is 10.6 Å². The number of aliphatic hydroxyl groups is 1. The van der Waals surface area contributed by atoms with Crippen LogP contribution in [0.3, 0.4) is 0 Å². The first-order valence-corrected chi connectivity index (χ1v) is 6.89. The molecule has 0 saturated heterocycles. The van der Waals surface area contributed by atoms with E-state index in [0.29, 0.717) is 12.3 Å². The molecule has 1 aromatic rings. The summed E-state index contributed by atoms with van der Waals surface area (Å²) in [7, 11) is 0. The lowest BCUT2D eigenvalue weighted by atomic mass is 10.1. The number of nitrogens with one attached hydrogen (secondary N) is 2. The van der Waals surface area contributed by atoms with Crippen LogP contribution in [-0.2, 0) is 0 Å². The fourth-order valence-electron chi connectivity index (χ4n) is 1.72. The molecule has 0 unspecified atom stereocenters. The van der Waals surface area contributed by atoms with E-state index in [4.69, 9.17) is 9.84 Å². The summed E-state index contributed by atoms with van der Waals surface area (Å²) in [6, 6.07) is 5.14. The Hall–Kier alpha value is -1.75. The molecule has 0 radical (unpaired) electrons. The molecule has 0 spiro atoms. The minimum absolute atomic E-state index is 0.0165. The van der Waals surface area contributed by atoms with Gasteiger partial charge in [0.2, 0.25) is 0 Å². The number of amides is 2. The number of benzene rings is 1. The lowest BCUT2D eigenvalue weighted by Gasteiger charge is -2.19. The average Bonchev–Trinajstić information content (AvgIpc) is 2.40. The van der Waals surface area contributed by atoms with E-state index in [1.54, 1.807) is 6.07 Å². The maximum atomic E-state index is 11.8. The standard InChI is InChI=1S/C15H24N2O3/c1-5-20-14-7-6-13(8-10(14)2)17-15(19)16-12(4)11(3)9-18/h6-8,11-12,18H,5,9H2,1-4H3,(H2,16,17,19)/t11-,12-/m0/s1. The van der Waals surface area contributed by atoms with Crippen LogP contribution in [0.5, 0.6) is 5.75 Å². The van der Waals surface area contributed by atoms with Crippen LogP contribution in [-0.4, -0.2) is 30.4 Å². The smallest absolute Gasteiger partial charge is 0.319 e. The van der Waals surface area contributed by atoms with Crippen LogP contribution in [0.15, 0.2) is 18.2 Å². The Labute approximate surface area is 120 Å². The minimum Gasteiger partial charge on any atom is -0.494 e. The van der Waals surface area contributed by atoms with Gasteiger partial charge in [-0.1, -0.05) is 6.92 Å². The van der Waals surface area contributed by atoms with E-state index in [1.807, 2.05) is 39.8 Å². The molecule has 3 N–H and O–H groups in total. The van der Waals surface area contributed by atoms with Gasteiger partial charge in [-0.3, -0.25) is 0 Å². The normalized spacial score (nSPS) is 13.4. The molecule has 112 valence electrons. The van der Waals surface area contributed by atoms with Gasteiger partial charge in [-0.25, -0.2) is 4.79 Å². The van der Waals surface area contributed by atoms with Crippen LogP contribution >= 0.6 is 0 Å². The predicted molar refractivity (Wildman–Crippen MR) is 80.2 cm³/mol. The van der Waals surface area contributed by atoms with Gasteiger partial charge in [-0.15, -0.1) is 0 Å². The summed E-state index contributed by atoms with van der Waals surface area (Å²) in [5.41, 5.74) is 1.69. The zero-order valence-corrected chi connectivity index (χ0v) is 12.6. The third kappa shape index (κ3) is 4.74. The number of aliphatic hydroxyl groups excluding tert-OH is 1. The first-order chi connectivity index (χ1) is 9.47. The highest BCUT2D eigenvalue weighted by Gasteiger charge is 2.14. The number of aryl methyl sites for hydroxylation is 1. The van der Waals surface area contributed by atoms with Crippen LogP contribution in [0.2, 0.25) is 0 Å². The highest BCUT2D eigenvalue weighted by molar-refractivity contribution is 5.89. The third-order valence-corrected chi connectivity index (χ3v) is 3.23. The molecule has 0 saturated carbocycles. The Morgan fingerprint density at radius 2 is 2.10 bits per heavy atom. The fraction of sp³-hybridized carbons (Fsp3) is 0.533. The van der Waals surface area contributed by atoms with Crippen molar-refractivity contribution in [2.45, 2.75) is 33.7 Å². The summed E-state index contributed by atoms with van der Waals surface area (Å²) < 4.78 is 5.45. The van der Waals surface area contributed by atoms with Crippen molar-refractivity contribution in [3.63, 3.8) is 0 Å². The highest BCUT2D eigenvalue weighted by Crippen LogP contribution is 2.21. The summed E-state index contributed by atoms with van der Waals surface area (Å²) in [4.78, 5) is 11.8. The zero-order chi connectivity index (χ0) is 15.1. The molecule has 1 rings (SSSR count). The van der Waals surface area contributed by atoms with Gasteiger partial charge in [0.05, 0.1) is 6.61 Å². The van der Waals surface area contributed by atoms with E-state index < -0.39 is 0 Å². The second-order valence-electron chi connectivity index (χ2n) is 4.96. The summed E-state index contributed by atoms with van der Waals surface area (Å²) >= 11 is 0. The highest BCUT2D eigenvalue weighted by atomic mass is 16.5. The fourth-order valence-corrected chi connectivity index (χ4v) is 1.72. The maximum Gasteiger partial charge on any atom is 0.319 e. The topological polar surface area (TPSA) is 70.6 Å². The van der Waals surface area contributed by atoms with Crippen LogP contribution < -0.4 is 15.4 Å². The first-order valence-electron chi connectivity index (χ1n) is 6.89. The monoisotopic (exact) mass is 280 g/mol. The molecule has 0 bridgehead atoms. The van der Waals surface area contributed by atoms with Crippen molar-refractivity contribution >= 4 is 11.7 Å². The zero-order valence-electron chi connectivity index (χ0n) is 12.6. The average molecular weight is 280 g/mol. The largest absolute Gasteiger partial charge is 0.494 e. The van der Waals surface area contributed by atoms with Crippen LogP contribution in [0.4, 0.5) is 10.5 Å². The number of carbonyl (C=O) groups is 1. The molecular formula is C15H24N2O3. The minimum atomic E-state index is -0.277. The van der Waals surface area contributed by atoms with Gasteiger partial charge >= 0.3 is 6.03 Å². The Morgan fingerprint density at radius 1 is 1.40 bits per heavy atom. The Bertz CT molecular complexity index is 449. The van der Waals surface area contributed by atoms with Crippen LogP contribution in [0.25, 0.3) is 0 Å². The molecule has 0 aromatic heterocycles. The van der Waals surface area contributed by atoms with Gasteiger partial charge in [-0.2, -0.15) is 0 Å². The summed E-state index contributed by atoms with van der Waals surface area (Å²) in [5.74, 6) is 0.837. The predicted octanol–water partition coefficient (Wildman–Crippen LogP) is 2.53. The number of hydrogen-bond donors (Lipinski definition) is 3. The van der Waals surface area contributed by atoms with E-state index >= 15 is 0 Å². The van der Waals surface area contributed by atoms with Gasteiger partial charge < -0.3 is 20.5 Å². The van der Waals surface area contributed by atoms with Crippen molar-refractivity contribution in [2.24, 2.45) is 5.92 Å². The molecule has 2 amide bonds. The molecule has 0 aliphatic heterocycles. The second-order valence-corrected chi connectivity index (χ2v) is 4.96. The van der Waals surface area contributed by atoms with Gasteiger partial charge in [0.15, 0.2) is 0 Å². The number of carbonyl (C=O) groups excluding carboxylic acids is 1. The van der Waals surface area contributed by atoms with Gasteiger partial charge in [0, 0.05) is 18.3 Å².